The number of amides is 2. The van der Waals surface area contributed by atoms with E-state index < -0.39 is 0 Å². The van der Waals surface area contributed by atoms with E-state index in [9.17, 15) is 14.7 Å². The fraction of sp³-hybridized carbons (Fsp3) is 0.636. The number of likely N-dealkylation sites (N-methyl/N-ethyl adjacent to an activating group) is 1. The number of aliphatic hydroxyl groups is 1. The highest BCUT2D eigenvalue weighted by atomic mass is 16.3. The van der Waals surface area contributed by atoms with Gasteiger partial charge in [-0.05, 0) is 38.4 Å². The molecule has 154 valence electrons. The van der Waals surface area contributed by atoms with Gasteiger partial charge in [-0.15, -0.1) is 0 Å². The van der Waals surface area contributed by atoms with Crippen LogP contribution in [0.4, 0.5) is 0 Å². The number of hydrogen-bond acceptors (Lipinski definition) is 4. The molecule has 2 fully saturated rings. The van der Waals surface area contributed by atoms with Crippen molar-refractivity contribution < 1.29 is 14.7 Å². The summed E-state index contributed by atoms with van der Waals surface area (Å²) in [5, 5.41) is 9.93. The van der Waals surface area contributed by atoms with E-state index in [0.29, 0.717) is 19.0 Å². The summed E-state index contributed by atoms with van der Waals surface area (Å²) in [6.45, 7) is 3.15. The van der Waals surface area contributed by atoms with E-state index in [4.69, 9.17) is 0 Å². The van der Waals surface area contributed by atoms with E-state index in [1.54, 1.807) is 11.8 Å². The molecule has 1 heterocycles. The van der Waals surface area contributed by atoms with Gasteiger partial charge in [-0.2, -0.15) is 0 Å². The van der Waals surface area contributed by atoms with Gasteiger partial charge in [-0.25, -0.2) is 0 Å². The molecule has 1 saturated heterocycles. The minimum atomic E-state index is -0.223. The largest absolute Gasteiger partial charge is 0.394 e. The van der Waals surface area contributed by atoms with Gasteiger partial charge in [-0.1, -0.05) is 36.8 Å². The Hall–Kier alpha value is -1.92. The van der Waals surface area contributed by atoms with Crippen molar-refractivity contribution in [3.63, 3.8) is 0 Å². The molecule has 0 spiro atoms. The van der Waals surface area contributed by atoms with Gasteiger partial charge in [0.05, 0.1) is 25.2 Å². The van der Waals surface area contributed by atoms with Crippen LogP contribution in [0.25, 0.3) is 0 Å². The third kappa shape index (κ3) is 4.39. The van der Waals surface area contributed by atoms with Crippen molar-refractivity contribution in [3.05, 3.63) is 35.9 Å². The van der Waals surface area contributed by atoms with Crippen molar-refractivity contribution >= 4 is 11.8 Å². The standard InChI is InChI=1S/C22H33N3O3/c1-16(27)25-19(22(20(25)15-26)18-10-5-4-6-11-18)13-24(12-17-8-7-9-17)21(28)14-23(2)3/h4-6,10-11,17,19-20,22,26H,7-9,12-15H2,1-3H3/t19-,20+,22-/m1/s1. The maximum atomic E-state index is 12.9. The Morgan fingerprint density at radius 1 is 1.11 bits per heavy atom. The van der Waals surface area contributed by atoms with Crippen LogP contribution in [0.3, 0.4) is 0 Å². The van der Waals surface area contributed by atoms with Gasteiger partial charge in [0.2, 0.25) is 11.8 Å². The molecule has 3 rings (SSSR count). The van der Waals surface area contributed by atoms with Crippen LogP contribution in [0.15, 0.2) is 30.3 Å². The quantitative estimate of drug-likeness (QED) is 0.735. The van der Waals surface area contributed by atoms with E-state index in [2.05, 4.69) is 12.1 Å². The number of hydrogen-bond donors (Lipinski definition) is 1. The van der Waals surface area contributed by atoms with Gasteiger partial charge in [0.1, 0.15) is 0 Å². The summed E-state index contributed by atoms with van der Waals surface area (Å²) in [6, 6.07) is 9.73. The number of benzene rings is 1. The lowest BCUT2D eigenvalue weighted by Gasteiger charge is -2.56. The van der Waals surface area contributed by atoms with Crippen LogP contribution in [-0.4, -0.2) is 84.0 Å². The zero-order chi connectivity index (χ0) is 20.3. The minimum Gasteiger partial charge on any atom is -0.394 e. The normalized spacial score (nSPS) is 24.6. The summed E-state index contributed by atoms with van der Waals surface area (Å²) >= 11 is 0. The molecule has 0 radical (unpaired) electrons. The van der Waals surface area contributed by atoms with Crippen LogP contribution in [0, 0.1) is 5.92 Å². The van der Waals surface area contributed by atoms with E-state index in [1.165, 1.54) is 19.3 Å². The van der Waals surface area contributed by atoms with Crippen LogP contribution in [0.5, 0.6) is 0 Å². The van der Waals surface area contributed by atoms with Crippen molar-refractivity contribution in [1.82, 2.24) is 14.7 Å². The summed E-state index contributed by atoms with van der Waals surface area (Å²) in [6.07, 6.45) is 3.59. The van der Waals surface area contributed by atoms with Crippen LogP contribution in [-0.2, 0) is 9.59 Å². The number of rotatable bonds is 8. The minimum absolute atomic E-state index is 0.0418. The third-order valence-corrected chi connectivity index (χ3v) is 6.19. The summed E-state index contributed by atoms with van der Waals surface area (Å²) in [5.74, 6) is 0.687. The summed E-state index contributed by atoms with van der Waals surface area (Å²) in [7, 11) is 3.80. The maximum absolute atomic E-state index is 12.9. The zero-order valence-corrected chi connectivity index (χ0v) is 17.3. The third-order valence-electron chi connectivity index (χ3n) is 6.19. The second-order valence-corrected chi connectivity index (χ2v) is 8.51. The molecule has 6 nitrogen and oxygen atoms in total. The molecular formula is C22H33N3O3. The molecule has 3 atom stereocenters. The zero-order valence-electron chi connectivity index (χ0n) is 17.3. The van der Waals surface area contributed by atoms with Gasteiger partial charge in [0.25, 0.3) is 0 Å². The molecule has 1 aliphatic heterocycles. The molecule has 1 aliphatic carbocycles. The SMILES string of the molecule is CC(=O)N1[C@H](CN(CC2CCC2)C(=O)CN(C)C)[C@@H](c2ccccc2)[C@@H]1CO. The average Bonchev–Trinajstić information content (AvgIpc) is 2.58. The molecule has 1 N–H and O–H groups in total. The number of aliphatic hydroxyl groups excluding tert-OH is 1. The van der Waals surface area contributed by atoms with Crippen LogP contribution in [0.1, 0.15) is 37.7 Å². The fourth-order valence-corrected chi connectivity index (χ4v) is 4.60. The summed E-state index contributed by atoms with van der Waals surface area (Å²) in [5.41, 5.74) is 1.12. The van der Waals surface area contributed by atoms with Gasteiger partial charge < -0.3 is 19.8 Å². The Kier molecular flexibility index (Phi) is 6.73. The van der Waals surface area contributed by atoms with E-state index in [0.717, 1.165) is 12.1 Å². The molecule has 28 heavy (non-hydrogen) atoms. The second kappa shape index (κ2) is 9.05. The predicted octanol–water partition coefficient (Wildman–Crippen LogP) is 1.55. The molecule has 0 aromatic heterocycles. The lowest BCUT2D eigenvalue weighted by Crippen LogP contribution is -2.68. The highest BCUT2D eigenvalue weighted by Crippen LogP contribution is 2.41. The highest BCUT2D eigenvalue weighted by Gasteiger charge is 2.51. The first-order valence-electron chi connectivity index (χ1n) is 10.3. The molecule has 1 saturated carbocycles. The Morgan fingerprint density at radius 2 is 1.79 bits per heavy atom. The summed E-state index contributed by atoms with van der Waals surface area (Å²) in [4.78, 5) is 30.8. The van der Waals surface area contributed by atoms with Crippen molar-refractivity contribution in [2.24, 2.45) is 5.92 Å². The van der Waals surface area contributed by atoms with E-state index >= 15 is 0 Å². The van der Waals surface area contributed by atoms with E-state index in [1.807, 2.05) is 42.1 Å². The predicted molar refractivity (Wildman–Crippen MR) is 109 cm³/mol. The average molecular weight is 388 g/mol. The first-order chi connectivity index (χ1) is 13.4. The van der Waals surface area contributed by atoms with Crippen LogP contribution >= 0.6 is 0 Å². The van der Waals surface area contributed by atoms with Crippen molar-refractivity contribution in [2.45, 2.75) is 44.2 Å². The number of nitrogens with zero attached hydrogens (tertiary/aromatic N) is 3. The Morgan fingerprint density at radius 3 is 2.29 bits per heavy atom. The molecule has 1 aromatic carbocycles. The number of carbonyl (C=O) groups excluding carboxylic acids is 2. The lowest BCUT2D eigenvalue weighted by atomic mass is 9.74. The van der Waals surface area contributed by atoms with Crippen molar-refractivity contribution in [2.75, 3.05) is 40.3 Å². The monoisotopic (exact) mass is 387 g/mol. The first-order valence-corrected chi connectivity index (χ1v) is 10.3. The molecule has 0 bridgehead atoms. The Labute approximate surface area is 168 Å². The number of likely N-dealkylation sites (tertiary alicyclic amines) is 1. The number of carbonyl (C=O) groups is 2. The smallest absolute Gasteiger partial charge is 0.236 e. The van der Waals surface area contributed by atoms with Gasteiger partial charge in [0, 0.05) is 25.9 Å². The van der Waals surface area contributed by atoms with Gasteiger partial charge >= 0.3 is 0 Å². The molecule has 2 amide bonds. The highest BCUT2D eigenvalue weighted by molar-refractivity contribution is 5.79. The Balaban J connectivity index is 1.82. The second-order valence-electron chi connectivity index (χ2n) is 8.51. The van der Waals surface area contributed by atoms with Gasteiger partial charge in [0.15, 0.2) is 0 Å². The molecular weight excluding hydrogens is 354 g/mol. The lowest BCUT2D eigenvalue weighted by molar-refractivity contribution is -0.153. The van der Waals surface area contributed by atoms with Crippen molar-refractivity contribution in [3.8, 4) is 0 Å². The molecule has 0 unspecified atom stereocenters. The van der Waals surface area contributed by atoms with Crippen LogP contribution in [0.2, 0.25) is 0 Å². The maximum Gasteiger partial charge on any atom is 0.236 e. The van der Waals surface area contributed by atoms with Crippen LogP contribution < -0.4 is 0 Å². The fourth-order valence-electron chi connectivity index (χ4n) is 4.60. The molecule has 6 heteroatoms. The van der Waals surface area contributed by atoms with Crippen molar-refractivity contribution in [1.29, 1.82) is 0 Å². The first kappa shape index (κ1) is 20.8. The topological polar surface area (TPSA) is 64.1 Å². The van der Waals surface area contributed by atoms with Gasteiger partial charge in [-0.3, -0.25) is 9.59 Å². The summed E-state index contributed by atoms with van der Waals surface area (Å²) < 4.78 is 0. The van der Waals surface area contributed by atoms with E-state index in [-0.39, 0.29) is 36.4 Å². The molecule has 2 aliphatic rings. The Bertz CT molecular complexity index is 675. The molecule has 1 aromatic rings.